The molecule has 18 heavy (non-hydrogen) atoms. The number of nitrogens with one attached hydrogen (secondary N) is 1. The Labute approximate surface area is 109 Å². The van der Waals surface area contributed by atoms with Crippen LogP contribution in [0.2, 0.25) is 0 Å². The smallest absolute Gasteiger partial charge is 0.0473 e. The van der Waals surface area contributed by atoms with Crippen molar-refractivity contribution in [3.05, 3.63) is 34.5 Å². The third kappa shape index (κ3) is 2.24. The zero-order valence-corrected chi connectivity index (χ0v) is 11.7. The Hall–Kier alpha value is -1.44. The summed E-state index contributed by atoms with van der Waals surface area (Å²) in [6.07, 6.45) is 9.06. The van der Waals surface area contributed by atoms with Gasteiger partial charge in [-0.1, -0.05) is 33.4 Å². The van der Waals surface area contributed by atoms with E-state index in [0.717, 1.165) is 24.1 Å². The number of allylic oxidation sites excluding steroid dienone is 1. The molecule has 1 aromatic rings. The van der Waals surface area contributed by atoms with Gasteiger partial charge < -0.3 is 10.7 Å². The van der Waals surface area contributed by atoms with Gasteiger partial charge in [0.25, 0.3) is 0 Å². The van der Waals surface area contributed by atoms with Gasteiger partial charge in [0.05, 0.1) is 0 Å². The van der Waals surface area contributed by atoms with E-state index in [0.29, 0.717) is 5.41 Å². The lowest BCUT2D eigenvalue weighted by atomic mass is 9.72. The Morgan fingerprint density at radius 3 is 2.67 bits per heavy atom. The first-order valence-electron chi connectivity index (χ1n) is 6.71. The largest absolute Gasteiger partial charge is 0.404 e. The average molecular weight is 244 g/mol. The van der Waals surface area contributed by atoms with Crippen molar-refractivity contribution in [2.45, 2.75) is 40.0 Å². The maximum absolute atomic E-state index is 5.80. The Kier molecular flexibility index (Phi) is 3.38. The van der Waals surface area contributed by atoms with Crippen LogP contribution >= 0.6 is 0 Å². The molecule has 1 aliphatic carbocycles. The second-order valence-electron chi connectivity index (χ2n) is 6.28. The fraction of sp³-hybridized carbons (Fsp3) is 0.500. The van der Waals surface area contributed by atoms with Crippen molar-refractivity contribution in [3.63, 3.8) is 0 Å². The van der Waals surface area contributed by atoms with Crippen LogP contribution in [-0.4, -0.2) is 4.98 Å². The Bertz CT molecular complexity index is 555. The molecule has 2 rings (SSSR count). The fourth-order valence-electron chi connectivity index (χ4n) is 2.92. The van der Waals surface area contributed by atoms with E-state index in [1.54, 1.807) is 6.20 Å². The third-order valence-electron chi connectivity index (χ3n) is 4.13. The van der Waals surface area contributed by atoms with Crippen molar-refractivity contribution in [1.82, 2.24) is 4.98 Å². The van der Waals surface area contributed by atoms with Gasteiger partial charge in [-0.25, -0.2) is 0 Å². The molecule has 0 saturated heterocycles. The van der Waals surface area contributed by atoms with Gasteiger partial charge in [0, 0.05) is 22.5 Å². The van der Waals surface area contributed by atoms with E-state index in [9.17, 15) is 0 Å². The quantitative estimate of drug-likeness (QED) is 0.777. The van der Waals surface area contributed by atoms with Crippen LogP contribution in [0, 0.1) is 11.3 Å². The second kappa shape index (κ2) is 4.68. The Balaban J connectivity index is 2.50. The Morgan fingerprint density at radius 1 is 1.39 bits per heavy atom. The zero-order valence-electron chi connectivity index (χ0n) is 11.7. The second-order valence-corrected chi connectivity index (χ2v) is 6.28. The third-order valence-corrected chi connectivity index (χ3v) is 4.13. The lowest BCUT2D eigenvalue weighted by molar-refractivity contribution is 0.215. The highest BCUT2D eigenvalue weighted by atomic mass is 14.7. The van der Waals surface area contributed by atoms with Crippen LogP contribution in [0.4, 0.5) is 0 Å². The van der Waals surface area contributed by atoms with Crippen molar-refractivity contribution in [1.29, 1.82) is 0 Å². The summed E-state index contributed by atoms with van der Waals surface area (Å²) >= 11 is 0. The number of fused-ring (bicyclic) bond motifs is 1. The van der Waals surface area contributed by atoms with Crippen LogP contribution in [0.15, 0.2) is 12.7 Å². The minimum absolute atomic E-state index is 0.364. The number of aromatic nitrogens is 1. The molecule has 1 aromatic heterocycles. The Morgan fingerprint density at radius 2 is 2.11 bits per heavy atom. The van der Waals surface area contributed by atoms with Crippen LogP contribution in [-0.2, 0) is 12.8 Å². The molecule has 1 aliphatic rings. The topological polar surface area (TPSA) is 41.8 Å². The van der Waals surface area contributed by atoms with Gasteiger partial charge >= 0.3 is 0 Å². The van der Waals surface area contributed by atoms with Gasteiger partial charge in [0.1, 0.15) is 0 Å². The average Bonchev–Trinajstić information content (AvgIpc) is 2.64. The highest BCUT2D eigenvalue weighted by Crippen LogP contribution is 2.35. The number of nitrogens with two attached hydrogens (primary N) is 1. The highest BCUT2D eigenvalue weighted by molar-refractivity contribution is 5.41. The first-order valence-corrected chi connectivity index (χ1v) is 6.71. The van der Waals surface area contributed by atoms with Crippen molar-refractivity contribution in [2.75, 3.05) is 0 Å². The molecule has 2 heteroatoms. The monoisotopic (exact) mass is 244 g/mol. The lowest BCUT2D eigenvalue weighted by Gasteiger charge is -2.33. The molecule has 98 valence electrons. The van der Waals surface area contributed by atoms with Crippen LogP contribution in [0.3, 0.4) is 0 Å². The van der Waals surface area contributed by atoms with Crippen LogP contribution < -0.4 is 16.3 Å². The van der Waals surface area contributed by atoms with Crippen LogP contribution in [0.5, 0.6) is 0 Å². The molecule has 0 spiro atoms. The molecule has 0 saturated carbocycles. The molecular formula is C16H24N2. The van der Waals surface area contributed by atoms with Crippen LogP contribution in [0.1, 0.15) is 38.4 Å². The minimum Gasteiger partial charge on any atom is -0.404 e. The van der Waals surface area contributed by atoms with E-state index in [-0.39, 0.29) is 0 Å². The summed E-state index contributed by atoms with van der Waals surface area (Å²) in [5.74, 6) is 0.732. The van der Waals surface area contributed by atoms with E-state index >= 15 is 0 Å². The summed E-state index contributed by atoms with van der Waals surface area (Å²) in [7, 11) is 0. The van der Waals surface area contributed by atoms with Crippen molar-refractivity contribution in [2.24, 2.45) is 17.1 Å². The molecule has 1 heterocycles. The maximum Gasteiger partial charge on any atom is 0.0473 e. The molecule has 1 unspecified atom stereocenters. The van der Waals surface area contributed by atoms with Gasteiger partial charge in [-0.15, -0.1) is 0 Å². The molecule has 2 nitrogen and oxygen atoms in total. The number of aryl methyl sites for hydroxylation is 1. The molecular weight excluding hydrogens is 220 g/mol. The zero-order chi connectivity index (χ0) is 13.3. The number of H-pyrrole nitrogens is 1. The van der Waals surface area contributed by atoms with E-state index in [2.05, 4.69) is 32.3 Å². The van der Waals surface area contributed by atoms with Crippen molar-refractivity contribution in [3.8, 4) is 0 Å². The first kappa shape index (κ1) is 13.0. The molecule has 0 fully saturated rings. The summed E-state index contributed by atoms with van der Waals surface area (Å²) in [5.41, 5.74) is 8.94. The van der Waals surface area contributed by atoms with Gasteiger partial charge in [0.2, 0.25) is 0 Å². The van der Waals surface area contributed by atoms with Gasteiger partial charge in [-0.05, 0) is 42.2 Å². The minimum atomic E-state index is 0.364. The molecule has 0 bridgehead atoms. The highest BCUT2D eigenvalue weighted by Gasteiger charge is 2.29. The summed E-state index contributed by atoms with van der Waals surface area (Å²) in [5, 5.41) is 2.27. The van der Waals surface area contributed by atoms with Crippen molar-refractivity contribution < 1.29 is 0 Å². The first-order chi connectivity index (χ1) is 8.47. The molecule has 0 radical (unpaired) electrons. The lowest BCUT2D eigenvalue weighted by Crippen LogP contribution is -2.31. The fourth-order valence-corrected chi connectivity index (χ4v) is 2.92. The number of hydrogen-bond donors (Lipinski definition) is 2. The van der Waals surface area contributed by atoms with Gasteiger partial charge in [-0.2, -0.15) is 0 Å². The molecule has 0 aromatic carbocycles. The van der Waals surface area contributed by atoms with E-state index in [1.807, 2.05) is 12.2 Å². The molecule has 3 N–H and O–H groups in total. The van der Waals surface area contributed by atoms with Crippen molar-refractivity contribution >= 4 is 12.3 Å². The van der Waals surface area contributed by atoms with E-state index in [1.165, 1.54) is 22.9 Å². The predicted molar refractivity (Wildman–Crippen MR) is 78.3 cm³/mol. The summed E-state index contributed by atoms with van der Waals surface area (Å²) in [6.45, 7) is 10.8. The van der Waals surface area contributed by atoms with E-state index < -0.39 is 0 Å². The predicted octanol–water partition coefficient (Wildman–Crippen LogP) is 1.83. The number of hydrogen-bond acceptors (Lipinski definition) is 1. The summed E-state index contributed by atoms with van der Waals surface area (Å²) in [4.78, 5) is 3.49. The number of rotatable bonds is 1. The van der Waals surface area contributed by atoms with E-state index in [4.69, 9.17) is 5.73 Å². The van der Waals surface area contributed by atoms with Crippen LogP contribution in [0.25, 0.3) is 12.3 Å². The summed E-state index contributed by atoms with van der Waals surface area (Å²) < 4.78 is 0. The van der Waals surface area contributed by atoms with Gasteiger partial charge in [-0.3, -0.25) is 0 Å². The molecule has 0 amide bonds. The normalized spacial score (nSPS) is 22.1. The molecule has 0 aliphatic heterocycles. The number of aromatic amines is 1. The summed E-state index contributed by atoms with van der Waals surface area (Å²) in [6, 6.07) is 0. The standard InChI is InChI=1S/C16H24N2/c1-5-6-14-13(10-17)12-9-11(16(2,3)4)7-8-15(12)18-14/h5-6,10-11,18H,1,7-9,17H2,2-4H3/b13-10-,14-6+. The maximum atomic E-state index is 5.80. The van der Waals surface area contributed by atoms with Gasteiger partial charge in [0.15, 0.2) is 0 Å². The molecule has 1 atom stereocenters. The SMILES string of the molecule is C=C/C=c1/[nH]c2c(/c1=C/N)CC(C(C)(C)C)CC2.